The van der Waals surface area contributed by atoms with Gasteiger partial charge in [-0.2, -0.15) is 0 Å². The average molecular weight is 304 g/mol. The van der Waals surface area contributed by atoms with Gasteiger partial charge in [0.15, 0.2) is 5.13 Å². The third kappa shape index (κ3) is 3.34. The molecule has 1 amide bonds. The fraction of sp³-hybridized carbons (Fsp3) is 0.385. The number of hydrogen-bond donors (Lipinski definition) is 2. The molecule has 1 fully saturated rings. The molecule has 1 atom stereocenters. The van der Waals surface area contributed by atoms with Crippen molar-refractivity contribution in [2.75, 3.05) is 18.4 Å². The number of hydrogen-bond acceptors (Lipinski definition) is 7. The van der Waals surface area contributed by atoms with Crippen LogP contribution in [-0.2, 0) is 4.79 Å². The third-order valence-corrected chi connectivity index (χ3v) is 4.15. The Morgan fingerprint density at radius 3 is 3.05 bits per heavy atom. The molecular formula is C13H16N6OS. The number of carbonyl (C=O) groups is 1. The lowest BCUT2D eigenvalue weighted by Gasteiger charge is -2.21. The molecule has 3 N–H and O–H groups in total. The standard InChI is InChI=1S/C13H16N6OS/c14-11(20)7-19-6-1-3-10(19)9-8-21-13(17-9)18-12-15-4-2-5-16-12/h2,4-5,8,10H,1,3,6-7H2,(H2,14,20)(H,15,16,17,18). The number of thiazole rings is 1. The summed E-state index contributed by atoms with van der Waals surface area (Å²) in [4.78, 5) is 26.0. The van der Waals surface area contributed by atoms with E-state index in [1.54, 1.807) is 18.5 Å². The molecule has 1 unspecified atom stereocenters. The molecule has 21 heavy (non-hydrogen) atoms. The van der Waals surface area contributed by atoms with Crippen molar-refractivity contribution < 1.29 is 4.79 Å². The summed E-state index contributed by atoms with van der Waals surface area (Å²) in [5.41, 5.74) is 6.26. The van der Waals surface area contributed by atoms with E-state index >= 15 is 0 Å². The van der Waals surface area contributed by atoms with Crippen molar-refractivity contribution in [1.82, 2.24) is 19.9 Å². The summed E-state index contributed by atoms with van der Waals surface area (Å²) >= 11 is 1.51. The number of nitrogens with zero attached hydrogens (tertiary/aromatic N) is 4. The second kappa shape index (κ2) is 6.15. The average Bonchev–Trinajstić information content (AvgIpc) is 3.08. The number of anilines is 2. The smallest absolute Gasteiger partial charge is 0.231 e. The van der Waals surface area contributed by atoms with E-state index in [-0.39, 0.29) is 18.5 Å². The zero-order valence-corrected chi connectivity index (χ0v) is 12.2. The highest BCUT2D eigenvalue weighted by Crippen LogP contribution is 2.33. The number of likely N-dealkylation sites (tertiary alicyclic amines) is 1. The summed E-state index contributed by atoms with van der Waals surface area (Å²) < 4.78 is 0. The topological polar surface area (TPSA) is 97.0 Å². The van der Waals surface area contributed by atoms with Gasteiger partial charge in [0, 0.05) is 17.8 Å². The summed E-state index contributed by atoms with van der Waals surface area (Å²) in [6.07, 6.45) is 5.41. The molecule has 2 aromatic heterocycles. The predicted octanol–water partition coefficient (Wildman–Crippen LogP) is 1.30. The molecule has 1 saturated heterocycles. The quantitative estimate of drug-likeness (QED) is 0.864. The van der Waals surface area contributed by atoms with Crippen LogP contribution in [0.4, 0.5) is 11.1 Å². The molecule has 7 nitrogen and oxygen atoms in total. The first-order chi connectivity index (χ1) is 10.2. The molecule has 0 saturated carbocycles. The van der Waals surface area contributed by atoms with Crippen LogP contribution in [0.25, 0.3) is 0 Å². The Morgan fingerprint density at radius 2 is 2.29 bits per heavy atom. The number of amides is 1. The predicted molar refractivity (Wildman–Crippen MR) is 80.2 cm³/mol. The molecule has 8 heteroatoms. The summed E-state index contributed by atoms with van der Waals surface area (Å²) in [7, 11) is 0. The van der Waals surface area contributed by atoms with Gasteiger partial charge in [0.2, 0.25) is 11.9 Å². The molecule has 0 bridgehead atoms. The monoisotopic (exact) mass is 304 g/mol. The highest BCUT2D eigenvalue weighted by atomic mass is 32.1. The number of nitrogens with one attached hydrogen (secondary N) is 1. The normalized spacial score (nSPS) is 18.8. The lowest BCUT2D eigenvalue weighted by atomic mass is 10.2. The second-order valence-electron chi connectivity index (χ2n) is 4.87. The van der Waals surface area contributed by atoms with Crippen LogP contribution in [0, 0.1) is 0 Å². The molecule has 2 aromatic rings. The number of carbonyl (C=O) groups excluding carboxylic acids is 1. The Bertz CT molecular complexity index is 616. The van der Waals surface area contributed by atoms with Crippen molar-refractivity contribution in [3.05, 3.63) is 29.5 Å². The van der Waals surface area contributed by atoms with E-state index in [0.717, 1.165) is 30.2 Å². The molecule has 3 heterocycles. The van der Waals surface area contributed by atoms with Crippen LogP contribution in [0.2, 0.25) is 0 Å². The number of rotatable bonds is 5. The van der Waals surface area contributed by atoms with Gasteiger partial charge in [-0.05, 0) is 25.5 Å². The van der Waals surface area contributed by atoms with Crippen molar-refractivity contribution in [3.8, 4) is 0 Å². The number of aromatic nitrogens is 3. The van der Waals surface area contributed by atoms with Gasteiger partial charge in [-0.15, -0.1) is 11.3 Å². The highest BCUT2D eigenvalue weighted by molar-refractivity contribution is 7.13. The maximum Gasteiger partial charge on any atom is 0.231 e. The maximum atomic E-state index is 11.1. The van der Waals surface area contributed by atoms with E-state index in [9.17, 15) is 4.79 Å². The fourth-order valence-electron chi connectivity index (χ4n) is 2.51. The van der Waals surface area contributed by atoms with E-state index in [2.05, 4.69) is 25.2 Å². The van der Waals surface area contributed by atoms with Crippen LogP contribution in [0.15, 0.2) is 23.8 Å². The number of primary amides is 1. The van der Waals surface area contributed by atoms with Crippen LogP contribution >= 0.6 is 11.3 Å². The van der Waals surface area contributed by atoms with Gasteiger partial charge >= 0.3 is 0 Å². The van der Waals surface area contributed by atoms with Crippen molar-refractivity contribution >= 4 is 28.3 Å². The van der Waals surface area contributed by atoms with Gasteiger partial charge in [-0.1, -0.05) is 0 Å². The maximum absolute atomic E-state index is 11.1. The van der Waals surface area contributed by atoms with Crippen molar-refractivity contribution in [3.63, 3.8) is 0 Å². The molecule has 0 radical (unpaired) electrons. The van der Waals surface area contributed by atoms with Gasteiger partial charge in [-0.25, -0.2) is 15.0 Å². The van der Waals surface area contributed by atoms with E-state index < -0.39 is 0 Å². The molecule has 0 spiro atoms. The van der Waals surface area contributed by atoms with Crippen LogP contribution in [0.1, 0.15) is 24.6 Å². The lowest BCUT2D eigenvalue weighted by Crippen LogP contribution is -2.33. The van der Waals surface area contributed by atoms with Gasteiger partial charge in [0.25, 0.3) is 0 Å². The lowest BCUT2D eigenvalue weighted by molar-refractivity contribution is -0.119. The molecule has 0 aliphatic carbocycles. The Balaban J connectivity index is 1.71. The van der Waals surface area contributed by atoms with Crippen molar-refractivity contribution in [1.29, 1.82) is 0 Å². The van der Waals surface area contributed by atoms with Crippen LogP contribution in [0.5, 0.6) is 0 Å². The van der Waals surface area contributed by atoms with E-state index in [1.807, 2.05) is 5.38 Å². The second-order valence-corrected chi connectivity index (χ2v) is 5.73. The molecule has 110 valence electrons. The van der Waals surface area contributed by atoms with E-state index in [0.29, 0.717) is 5.95 Å². The summed E-state index contributed by atoms with van der Waals surface area (Å²) in [5, 5.41) is 5.84. The molecule has 1 aliphatic rings. The largest absolute Gasteiger partial charge is 0.369 e. The van der Waals surface area contributed by atoms with E-state index in [1.165, 1.54) is 11.3 Å². The van der Waals surface area contributed by atoms with Gasteiger partial charge in [0.05, 0.1) is 18.3 Å². The minimum atomic E-state index is -0.298. The summed E-state index contributed by atoms with van der Waals surface area (Å²) in [6, 6.07) is 1.93. The molecule has 1 aliphatic heterocycles. The van der Waals surface area contributed by atoms with Crippen molar-refractivity contribution in [2.24, 2.45) is 5.73 Å². The Kier molecular flexibility index (Phi) is 4.07. The Morgan fingerprint density at radius 1 is 1.48 bits per heavy atom. The van der Waals surface area contributed by atoms with Gasteiger partial charge in [-0.3, -0.25) is 9.69 Å². The Hall–Kier alpha value is -2.06. The van der Waals surface area contributed by atoms with Gasteiger partial charge < -0.3 is 11.1 Å². The first kappa shape index (κ1) is 13.9. The molecule has 3 rings (SSSR count). The third-order valence-electron chi connectivity index (χ3n) is 3.37. The zero-order chi connectivity index (χ0) is 14.7. The first-order valence-corrected chi connectivity index (χ1v) is 7.62. The minimum Gasteiger partial charge on any atom is -0.369 e. The van der Waals surface area contributed by atoms with Crippen LogP contribution < -0.4 is 11.1 Å². The van der Waals surface area contributed by atoms with Crippen molar-refractivity contribution in [2.45, 2.75) is 18.9 Å². The van der Waals surface area contributed by atoms with E-state index in [4.69, 9.17) is 5.73 Å². The summed E-state index contributed by atoms with van der Waals surface area (Å²) in [5.74, 6) is 0.229. The first-order valence-electron chi connectivity index (χ1n) is 6.74. The number of nitrogens with two attached hydrogens (primary N) is 1. The SMILES string of the molecule is NC(=O)CN1CCCC1c1csc(Nc2ncccn2)n1. The highest BCUT2D eigenvalue weighted by Gasteiger charge is 2.28. The fourth-order valence-corrected chi connectivity index (χ4v) is 3.26. The molecule has 0 aromatic carbocycles. The van der Waals surface area contributed by atoms with Gasteiger partial charge in [0.1, 0.15) is 0 Å². The zero-order valence-electron chi connectivity index (χ0n) is 11.4. The minimum absolute atomic E-state index is 0.168. The Labute approximate surface area is 126 Å². The summed E-state index contributed by atoms with van der Waals surface area (Å²) in [6.45, 7) is 1.17. The van der Waals surface area contributed by atoms with Crippen LogP contribution in [0.3, 0.4) is 0 Å². The molecular weight excluding hydrogens is 288 g/mol. The van der Waals surface area contributed by atoms with Crippen LogP contribution in [-0.4, -0.2) is 38.8 Å².